The molecule has 2 rings (SSSR count). The average Bonchev–Trinajstić information content (AvgIpc) is 3.22. The Labute approximate surface area is 200 Å². The molecule has 0 radical (unpaired) electrons. The van der Waals surface area contributed by atoms with Crippen LogP contribution < -0.4 is 0 Å². The predicted molar refractivity (Wildman–Crippen MR) is 127 cm³/mol. The van der Waals surface area contributed by atoms with Crippen LogP contribution in [-0.2, 0) is 20.9 Å². The minimum atomic E-state index is -1.21. The van der Waals surface area contributed by atoms with Crippen molar-refractivity contribution in [1.82, 2.24) is 24.8 Å². The molecule has 10 nitrogen and oxygen atoms in total. The monoisotopic (exact) mass is 473 g/mol. The molecular weight excluding hydrogens is 438 g/mol. The Morgan fingerprint density at radius 1 is 1.06 bits per heavy atom. The van der Waals surface area contributed by atoms with Crippen LogP contribution in [0.25, 0.3) is 11.3 Å². The molecule has 0 spiro atoms. The van der Waals surface area contributed by atoms with Crippen LogP contribution in [0.5, 0.6) is 0 Å². The van der Waals surface area contributed by atoms with Crippen LogP contribution in [0.15, 0.2) is 36.5 Å². The van der Waals surface area contributed by atoms with Gasteiger partial charge < -0.3 is 14.7 Å². The first-order valence-electron chi connectivity index (χ1n) is 11.2. The lowest BCUT2D eigenvalue weighted by Gasteiger charge is -2.35. The molecule has 2 unspecified atom stereocenters. The van der Waals surface area contributed by atoms with Gasteiger partial charge in [-0.25, -0.2) is 14.3 Å². The highest BCUT2D eigenvalue weighted by Crippen LogP contribution is 2.19. The second-order valence-electron chi connectivity index (χ2n) is 9.73. The molecule has 0 fully saturated rings. The Hall–Kier alpha value is -3.43. The maximum Gasteiger partial charge on any atom is 0.410 e. The Bertz CT molecular complexity index is 983. The zero-order chi connectivity index (χ0) is 25.6. The maximum atomic E-state index is 13.4. The first kappa shape index (κ1) is 26.8. The van der Waals surface area contributed by atoms with Crippen molar-refractivity contribution in [2.24, 2.45) is 5.92 Å². The van der Waals surface area contributed by atoms with Crippen LogP contribution >= 0.6 is 0 Å². The van der Waals surface area contributed by atoms with Crippen molar-refractivity contribution in [2.75, 3.05) is 14.1 Å². The number of aliphatic carboxylic acids is 1. The molecule has 0 aliphatic rings. The van der Waals surface area contributed by atoms with E-state index >= 15 is 0 Å². The van der Waals surface area contributed by atoms with Gasteiger partial charge in [-0.15, -0.1) is 5.10 Å². The van der Waals surface area contributed by atoms with Gasteiger partial charge in [0.2, 0.25) is 5.91 Å². The smallest absolute Gasteiger partial charge is 0.410 e. The summed E-state index contributed by atoms with van der Waals surface area (Å²) in [7, 11) is 2.92. The summed E-state index contributed by atoms with van der Waals surface area (Å²) in [4.78, 5) is 40.6. The fourth-order valence-corrected chi connectivity index (χ4v) is 3.39. The van der Waals surface area contributed by atoms with Crippen molar-refractivity contribution >= 4 is 18.0 Å². The highest BCUT2D eigenvalue weighted by Gasteiger charge is 2.37. The molecule has 34 heavy (non-hydrogen) atoms. The predicted octanol–water partition coefficient (Wildman–Crippen LogP) is 3.14. The van der Waals surface area contributed by atoms with Gasteiger partial charge in [0.05, 0.1) is 12.7 Å². The molecule has 1 aromatic carbocycles. The van der Waals surface area contributed by atoms with Gasteiger partial charge in [-0.3, -0.25) is 9.69 Å². The van der Waals surface area contributed by atoms with E-state index in [9.17, 15) is 19.5 Å². The van der Waals surface area contributed by atoms with Gasteiger partial charge in [0.15, 0.2) is 0 Å². The Kier molecular flexibility index (Phi) is 8.78. The Balaban J connectivity index is 2.23. The summed E-state index contributed by atoms with van der Waals surface area (Å²) >= 11 is 0. The van der Waals surface area contributed by atoms with E-state index in [2.05, 4.69) is 10.3 Å². The second kappa shape index (κ2) is 11.1. The van der Waals surface area contributed by atoms with Gasteiger partial charge in [-0.1, -0.05) is 49.4 Å². The molecule has 1 aromatic heterocycles. The molecule has 186 valence electrons. The third-order valence-corrected chi connectivity index (χ3v) is 5.20. The normalized spacial score (nSPS) is 13.3. The van der Waals surface area contributed by atoms with Crippen molar-refractivity contribution in [3.05, 3.63) is 36.5 Å². The molecule has 1 N–H and O–H groups in total. The van der Waals surface area contributed by atoms with Crippen molar-refractivity contribution < 1.29 is 24.2 Å². The number of ether oxygens (including phenoxy) is 1. The zero-order valence-corrected chi connectivity index (χ0v) is 20.9. The van der Waals surface area contributed by atoms with Crippen LogP contribution in [0.4, 0.5) is 4.79 Å². The number of likely N-dealkylation sites (N-methyl/N-ethyl adjacent to an activating group) is 2. The molecule has 0 aliphatic heterocycles. The van der Waals surface area contributed by atoms with E-state index in [0.717, 1.165) is 10.5 Å². The summed E-state index contributed by atoms with van der Waals surface area (Å²) in [6.07, 6.45) is 1.35. The highest BCUT2D eigenvalue weighted by molar-refractivity contribution is 5.89. The van der Waals surface area contributed by atoms with Crippen LogP contribution in [0.2, 0.25) is 0 Å². The van der Waals surface area contributed by atoms with Gasteiger partial charge in [-0.05, 0) is 33.1 Å². The van der Waals surface area contributed by atoms with E-state index in [1.165, 1.54) is 23.7 Å². The fourth-order valence-electron chi connectivity index (χ4n) is 3.39. The van der Waals surface area contributed by atoms with E-state index in [1.54, 1.807) is 27.0 Å². The molecule has 1 heterocycles. The minimum Gasteiger partial charge on any atom is -0.480 e. The van der Waals surface area contributed by atoms with E-state index in [-0.39, 0.29) is 12.5 Å². The number of hydrogen-bond donors (Lipinski definition) is 1. The Morgan fingerprint density at radius 2 is 1.68 bits per heavy atom. The number of amides is 2. The summed E-state index contributed by atoms with van der Waals surface area (Å²) in [6.45, 7) is 8.99. The average molecular weight is 474 g/mol. The number of hydrogen-bond acceptors (Lipinski definition) is 6. The van der Waals surface area contributed by atoms with Gasteiger partial charge >= 0.3 is 12.1 Å². The summed E-state index contributed by atoms with van der Waals surface area (Å²) < 4.78 is 6.82. The highest BCUT2D eigenvalue weighted by atomic mass is 16.6. The summed E-state index contributed by atoms with van der Waals surface area (Å²) in [6, 6.07) is 7.30. The van der Waals surface area contributed by atoms with Crippen LogP contribution in [0.3, 0.4) is 0 Å². The molecular formula is C24H35N5O5. The SMILES string of the molecule is CC(C)CC(C(=O)N(C)C(Cn1cc(-c2ccccc2)nn1)C(=O)O)N(C)C(=O)OC(C)(C)C. The summed E-state index contributed by atoms with van der Waals surface area (Å²) in [5.74, 6) is -1.59. The lowest BCUT2D eigenvalue weighted by Crippen LogP contribution is -2.54. The number of carbonyl (C=O) groups excluding carboxylic acids is 2. The van der Waals surface area contributed by atoms with Gasteiger partial charge in [0.25, 0.3) is 0 Å². The molecule has 2 aromatic rings. The number of benzene rings is 1. The molecule has 0 saturated heterocycles. The summed E-state index contributed by atoms with van der Waals surface area (Å²) in [5, 5.41) is 18.0. The van der Waals surface area contributed by atoms with Gasteiger partial charge in [0, 0.05) is 19.7 Å². The largest absolute Gasteiger partial charge is 0.480 e. The van der Waals surface area contributed by atoms with Crippen molar-refractivity contribution in [2.45, 2.75) is 65.3 Å². The fraction of sp³-hybridized carbons (Fsp3) is 0.542. The van der Waals surface area contributed by atoms with E-state index in [1.807, 2.05) is 44.2 Å². The lowest BCUT2D eigenvalue weighted by atomic mass is 10.0. The molecule has 0 aliphatic carbocycles. The quantitative estimate of drug-likeness (QED) is 0.594. The standard InChI is InChI=1S/C24H35N5O5/c1-16(2)13-19(28(7)23(33)34-24(3,4)5)21(30)27(6)20(22(31)32)15-29-14-18(25-26-29)17-11-9-8-10-12-17/h8-12,14,16,19-20H,13,15H2,1-7H3,(H,31,32). The van der Waals surface area contributed by atoms with Crippen LogP contribution in [0.1, 0.15) is 41.0 Å². The number of rotatable bonds is 9. The maximum absolute atomic E-state index is 13.4. The van der Waals surface area contributed by atoms with Gasteiger partial charge in [-0.2, -0.15) is 0 Å². The van der Waals surface area contributed by atoms with Crippen molar-refractivity contribution in [3.63, 3.8) is 0 Å². The zero-order valence-electron chi connectivity index (χ0n) is 20.9. The van der Waals surface area contributed by atoms with Crippen LogP contribution in [0, 0.1) is 5.92 Å². The number of carboxylic acids is 1. The molecule has 0 saturated carbocycles. The van der Waals surface area contributed by atoms with Crippen molar-refractivity contribution in [3.8, 4) is 11.3 Å². The number of carbonyl (C=O) groups is 3. The van der Waals surface area contributed by atoms with E-state index in [4.69, 9.17) is 4.74 Å². The van der Waals surface area contributed by atoms with Crippen molar-refractivity contribution in [1.29, 1.82) is 0 Å². The molecule has 2 atom stereocenters. The minimum absolute atomic E-state index is 0.0826. The summed E-state index contributed by atoms with van der Waals surface area (Å²) in [5.41, 5.74) is 0.720. The number of aromatic nitrogens is 3. The molecule has 10 heteroatoms. The van der Waals surface area contributed by atoms with E-state index in [0.29, 0.717) is 12.1 Å². The Morgan fingerprint density at radius 3 is 2.21 bits per heavy atom. The number of nitrogens with zero attached hydrogens (tertiary/aromatic N) is 5. The molecule has 2 amide bonds. The molecule has 0 bridgehead atoms. The lowest BCUT2D eigenvalue weighted by molar-refractivity contribution is -0.152. The topological polar surface area (TPSA) is 118 Å². The van der Waals surface area contributed by atoms with E-state index < -0.39 is 35.7 Å². The second-order valence-corrected chi connectivity index (χ2v) is 9.73. The van der Waals surface area contributed by atoms with Gasteiger partial charge in [0.1, 0.15) is 23.4 Å². The first-order chi connectivity index (χ1) is 15.8. The number of carboxylic acid groups (broad SMARTS) is 1. The third kappa shape index (κ3) is 7.29. The third-order valence-electron chi connectivity index (χ3n) is 5.20. The first-order valence-corrected chi connectivity index (χ1v) is 11.2. The van der Waals surface area contributed by atoms with Crippen LogP contribution in [-0.4, -0.2) is 79.7 Å².